The predicted octanol–water partition coefficient (Wildman–Crippen LogP) is 1.69. The molecule has 4 nitrogen and oxygen atoms in total. The molecule has 0 aromatic heterocycles. The summed E-state index contributed by atoms with van der Waals surface area (Å²) < 4.78 is 9.91. The Hall–Kier alpha value is -1.32. The molecular weight excluding hydrogens is 208 g/mol. The van der Waals surface area contributed by atoms with Crippen molar-refractivity contribution in [1.29, 1.82) is 0 Å². The Kier molecular flexibility index (Phi) is 3.73. The van der Waals surface area contributed by atoms with Crippen LogP contribution in [0, 0.1) is 11.8 Å². The first kappa shape index (κ1) is 12.7. The molecule has 2 atom stereocenters. The summed E-state index contributed by atoms with van der Waals surface area (Å²) in [5, 5.41) is 0. The normalized spacial score (nSPS) is 24.2. The summed E-state index contributed by atoms with van der Waals surface area (Å²) >= 11 is 0. The van der Waals surface area contributed by atoms with Gasteiger partial charge in [0.1, 0.15) is 5.60 Å². The second-order valence-corrected chi connectivity index (χ2v) is 4.85. The summed E-state index contributed by atoms with van der Waals surface area (Å²) in [6.45, 7) is 5.42. The van der Waals surface area contributed by atoms with Crippen molar-refractivity contribution in [2.45, 2.75) is 32.8 Å². The van der Waals surface area contributed by atoms with Crippen LogP contribution in [0.2, 0.25) is 0 Å². The van der Waals surface area contributed by atoms with Gasteiger partial charge in [0.05, 0.1) is 18.9 Å². The van der Waals surface area contributed by atoms with E-state index in [-0.39, 0.29) is 11.9 Å². The quantitative estimate of drug-likeness (QED) is 0.531. The van der Waals surface area contributed by atoms with E-state index in [1.54, 1.807) is 26.8 Å². The molecule has 4 heteroatoms. The third kappa shape index (κ3) is 3.08. The van der Waals surface area contributed by atoms with Crippen LogP contribution >= 0.6 is 0 Å². The van der Waals surface area contributed by atoms with Gasteiger partial charge in [-0.25, -0.2) is 0 Å². The van der Waals surface area contributed by atoms with E-state index in [1.165, 1.54) is 7.11 Å². The molecule has 0 saturated carbocycles. The molecule has 0 aliphatic heterocycles. The maximum atomic E-state index is 11.8. The third-order valence-corrected chi connectivity index (χ3v) is 2.35. The number of ether oxygens (including phenoxy) is 2. The van der Waals surface area contributed by atoms with Gasteiger partial charge in [-0.3, -0.25) is 9.59 Å². The highest BCUT2D eigenvalue weighted by atomic mass is 16.6. The Morgan fingerprint density at radius 2 is 1.88 bits per heavy atom. The zero-order valence-corrected chi connectivity index (χ0v) is 10.1. The molecule has 0 N–H and O–H groups in total. The minimum absolute atomic E-state index is 0.340. The van der Waals surface area contributed by atoms with Crippen molar-refractivity contribution in [1.82, 2.24) is 0 Å². The molecule has 1 aliphatic rings. The van der Waals surface area contributed by atoms with Crippen molar-refractivity contribution in [3.63, 3.8) is 0 Å². The standard InChI is InChI=1S/C12H18O4/c1-12(2,3)16-11(14)9-7-5-6-8(9)10(13)15-4/h5-6,8-9H,7H2,1-4H3. The number of carbonyl (C=O) groups is 2. The van der Waals surface area contributed by atoms with Crippen LogP contribution in [0.4, 0.5) is 0 Å². The third-order valence-electron chi connectivity index (χ3n) is 2.35. The van der Waals surface area contributed by atoms with Gasteiger partial charge >= 0.3 is 11.9 Å². The fraction of sp³-hybridized carbons (Fsp3) is 0.667. The zero-order chi connectivity index (χ0) is 12.3. The highest BCUT2D eigenvalue weighted by Gasteiger charge is 2.37. The minimum Gasteiger partial charge on any atom is -0.469 e. The Labute approximate surface area is 95.6 Å². The topological polar surface area (TPSA) is 52.6 Å². The first-order valence-corrected chi connectivity index (χ1v) is 5.32. The lowest BCUT2D eigenvalue weighted by atomic mass is 9.95. The van der Waals surface area contributed by atoms with Crippen LogP contribution in [-0.2, 0) is 19.1 Å². The molecular formula is C12H18O4. The summed E-state index contributed by atoms with van der Waals surface area (Å²) in [5.41, 5.74) is -0.527. The van der Waals surface area contributed by atoms with E-state index >= 15 is 0 Å². The van der Waals surface area contributed by atoms with Gasteiger partial charge in [0.15, 0.2) is 0 Å². The van der Waals surface area contributed by atoms with Crippen LogP contribution in [0.15, 0.2) is 12.2 Å². The molecule has 0 heterocycles. The first-order chi connectivity index (χ1) is 7.35. The second kappa shape index (κ2) is 4.68. The average Bonchev–Trinajstić information content (AvgIpc) is 2.62. The number of hydrogen-bond donors (Lipinski definition) is 0. The van der Waals surface area contributed by atoms with E-state index in [4.69, 9.17) is 4.74 Å². The van der Waals surface area contributed by atoms with Gasteiger partial charge in [0.2, 0.25) is 0 Å². The smallest absolute Gasteiger partial charge is 0.313 e. The van der Waals surface area contributed by atoms with Crippen molar-refractivity contribution >= 4 is 11.9 Å². The summed E-state index contributed by atoms with van der Waals surface area (Å²) in [6, 6.07) is 0. The molecule has 16 heavy (non-hydrogen) atoms. The number of carbonyl (C=O) groups excluding carboxylic acids is 2. The summed E-state index contributed by atoms with van der Waals surface area (Å²) in [4.78, 5) is 23.2. The van der Waals surface area contributed by atoms with Crippen molar-refractivity contribution in [3.8, 4) is 0 Å². The van der Waals surface area contributed by atoms with Gasteiger partial charge in [-0.2, -0.15) is 0 Å². The fourth-order valence-corrected chi connectivity index (χ4v) is 1.65. The van der Waals surface area contributed by atoms with Gasteiger partial charge < -0.3 is 9.47 Å². The molecule has 1 aliphatic carbocycles. The molecule has 90 valence electrons. The lowest BCUT2D eigenvalue weighted by molar-refractivity contribution is -0.165. The monoisotopic (exact) mass is 226 g/mol. The Bertz CT molecular complexity index is 311. The molecule has 0 aromatic carbocycles. The molecule has 0 amide bonds. The van der Waals surface area contributed by atoms with Crippen LogP contribution in [0.5, 0.6) is 0 Å². The van der Waals surface area contributed by atoms with E-state index < -0.39 is 17.4 Å². The van der Waals surface area contributed by atoms with Crippen LogP contribution in [0.3, 0.4) is 0 Å². The van der Waals surface area contributed by atoms with Gasteiger partial charge in [-0.15, -0.1) is 0 Å². The van der Waals surface area contributed by atoms with Gasteiger partial charge in [-0.1, -0.05) is 12.2 Å². The largest absolute Gasteiger partial charge is 0.469 e. The molecule has 0 fully saturated rings. The molecule has 0 radical (unpaired) electrons. The minimum atomic E-state index is -0.527. The number of methoxy groups -OCH3 is 1. The van der Waals surface area contributed by atoms with Gasteiger partial charge in [0, 0.05) is 0 Å². The van der Waals surface area contributed by atoms with Crippen LogP contribution in [0.25, 0.3) is 0 Å². The maximum Gasteiger partial charge on any atom is 0.313 e. The predicted molar refractivity (Wildman–Crippen MR) is 58.6 cm³/mol. The highest BCUT2D eigenvalue weighted by Crippen LogP contribution is 2.28. The Balaban J connectivity index is 2.67. The first-order valence-electron chi connectivity index (χ1n) is 5.32. The van der Waals surface area contributed by atoms with Crippen LogP contribution < -0.4 is 0 Å². The van der Waals surface area contributed by atoms with Crippen molar-refractivity contribution < 1.29 is 19.1 Å². The van der Waals surface area contributed by atoms with E-state index in [2.05, 4.69) is 4.74 Å². The zero-order valence-electron chi connectivity index (χ0n) is 10.1. The molecule has 1 rings (SSSR count). The Morgan fingerprint density at radius 3 is 2.38 bits per heavy atom. The summed E-state index contributed by atoms with van der Waals surface area (Å²) in [7, 11) is 1.32. The number of esters is 2. The van der Waals surface area contributed by atoms with Gasteiger partial charge in [-0.05, 0) is 27.2 Å². The van der Waals surface area contributed by atoms with E-state index in [9.17, 15) is 9.59 Å². The summed E-state index contributed by atoms with van der Waals surface area (Å²) in [6.07, 6.45) is 4.06. The molecule has 0 aromatic rings. The van der Waals surface area contributed by atoms with Crippen molar-refractivity contribution in [2.75, 3.05) is 7.11 Å². The van der Waals surface area contributed by atoms with E-state index in [0.717, 1.165) is 0 Å². The van der Waals surface area contributed by atoms with Crippen molar-refractivity contribution in [2.24, 2.45) is 11.8 Å². The SMILES string of the molecule is COC(=O)C1C=CCC1C(=O)OC(C)(C)C. The average molecular weight is 226 g/mol. The van der Waals surface area contributed by atoms with E-state index in [1.807, 2.05) is 6.08 Å². The molecule has 0 saturated heterocycles. The van der Waals surface area contributed by atoms with Crippen molar-refractivity contribution in [3.05, 3.63) is 12.2 Å². The maximum absolute atomic E-state index is 11.8. The number of hydrogen-bond acceptors (Lipinski definition) is 4. The summed E-state index contributed by atoms with van der Waals surface area (Å²) in [5.74, 6) is -1.66. The number of rotatable bonds is 2. The molecule has 0 bridgehead atoms. The lowest BCUT2D eigenvalue weighted by Gasteiger charge is -2.24. The lowest BCUT2D eigenvalue weighted by Crippen LogP contribution is -2.33. The van der Waals surface area contributed by atoms with Gasteiger partial charge in [0.25, 0.3) is 0 Å². The number of allylic oxidation sites excluding steroid dienone is 1. The molecule has 0 spiro atoms. The highest BCUT2D eigenvalue weighted by molar-refractivity contribution is 5.84. The van der Waals surface area contributed by atoms with Crippen LogP contribution in [-0.4, -0.2) is 24.6 Å². The molecule has 2 unspecified atom stereocenters. The van der Waals surface area contributed by atoms with Crippen LogP contribution in [0.1, 0.15) is 27.2 Å². The Morgan fingerprint density at radius 1 is 1.25 bits per heavy atom. The second-order valence-electron chi connectivity index (χ2n) is 4.85. The fourth-order valence-electron chi connectivity index (χ4n) is 1.65. The van der Waals surface area contributed by atoms with E-state index in [0.29, 0.717) is 6.42 Å².